The van der Waals surface area contributed by atoms with Crippen LogP contribution in [-0.2, 0) is 17.6 Å². The largest absolute Gasteiger partial charge is 0.497 e. The zero-order valence-electron chi connectivity index (χ0n) is 17.2. The minimum atomic E-state index is -0.419. The van der Waals surface area contributed by atoms with Crippen LogP contribution in [0.3, 0.4) is 0 Å². The summed E-state index contributed by atoms with van der Waals surface area (Å²) in [7, 11) is 1.66. The first-order chi connectivity index (χ1) is 14.4. The number of aryl methyl sites for hydroxylation is 2. The molecule has 0 saturated heterocycles. The number of hydrogen-bond acceptors (Lipinski definition) is 5. The molecule has 0 fully saturated rings. The second-order valence-electron chi connectivity index (χ2n) is 7.72. The van der Waals surface area contributed by atoms with Crippen LogP contribution in [0.15, 0.2) is 40.9 Å². The summed E-state index contributed by atoms with van der Waals surface area (Å²) in [6.07, 6.45) is 2.32. The molecule has 3 aromatic rings. The van der Waals surface area contributed by atoms with Crippen LogP contribution in [-0.4, -0.2) is 23.2 Å². The zero-order chi connectivity index (χ0) is 21.3. The molecular weight excluding hydrogens is 385 g/mol. The lowest BCUT2D eigenvalue weighted by molar-refractivity contribution is -0.126. The molecule has 1 heterocycles. The van der Waals surface area contributed by atoms with Crippen molar-refractivity contribution >= 4 is 5.91 Å². The molecule has 0 radical (unpaired) electrons. The van der Waals surface area contributed by atoms with Crippen molar-refractivity contribution in [3.63, 3.8) is 0 Å². The molecule has 4 rings (SSSR count). The molecule has 1 aliphatic carbocycles. The van der Waals surface area contributed by atoms with E-state index in [1.807, 2.05) is 25.1 Å². The van der Waals surface area contributed by atoms with Crippen molar-refractivity contribution in [1.29, 1.82) is 0 Å². The molecule has 0 bridgehead atoms. The van der Waals surface area contributed by atoms with E-state index < -0.39 is 6.04 Å². The van der Waals surface area contributed by atoms with E-state index in [1.54, 1.807) is 26.2 Å². The minimum Gasteiger partial charge on any atom is -0.497 e. The molecule has 6 nitrogen and oxygen atoms in total. The molecule has 1 aliphatic rings. The highest BCUT2D eigenvalue weighted by Gasteiger charge is 2.27. The number of amides is 1. The number of aromatic nitrogens is 2. The van der Waals surface area contributed by atoms with Gasteiger partial charge < -0.3 is 14.6 Å². The molecule has 1 N–H and O–H groups in total. The lowest BCUT2D eigenvalue weighted by Gasteiger charge is -2.25. The molecule has 1 amide bonds. The van der Waals surface area contributed by atoms with Gasteiger partial charge in [0, 0.05) is 11.5 Å². The highest BCUT2D eigenvalue weighted by molar-refractivity contribution is 5.79. The molecule has 0 aliphatic heterocycles. The average molecular weight is 409 g/mol. The Balaban J connectivity index is 1.41. The maximum atomic E-state index is 13.5. The summed E-state index contributed by atoms with van der Waals surface area (Å²) in [6.45, 7) is 3.49. The highest BCUT2D eigenvalue weighted by Crippen LogP contribution is 2.29. The van der Waals surface area contributed by atoms with Crippen molar-refractivity contribution in [1.82, 2.24) is 15.5 Å². The number of nitrogens with one attached hydrogen (secondary N) is 1. The van der Waals surface area contributed by atoms with Gasteiger partial charge in [0.15, 0.2) is 0 Å². The van der Waals surface area contributed by atoms with Crippen LogP contribution in [0.1, 0.15) is 42.0 Å². The van der Waals surface area contributed by atoms with Gasteiger partial charge >= 0.3 is 0 Å². The van der Waals surface area contributed by atoms with Gasteiger partial charge in [0.25, 0.3) is 0 Å². The number of carbonyl (C=O) groups is 1. The summed E-state index contributed by atoms with van der Waals surface area (Å²) >= 11 is 0. The van der Waals surface area contributed by atoms with Crippen molar-refractivity contribution in [3.8, 4) is 17.1 Å². The molecule has 0 saturated carbocycles. The fourth-order valence-electron chi connectivity index (χ4n) is 3.79. The average Bonchev–Trinajstić information content (AvgIpc) is 3.25. The molecule has 7 heteroatoms. The summed E-state index contributed by atoms with van der Waals surface area (Å²) in [6, 6.07) is 10.2. The highest BCUT2D eigenvalue weighted by atomic mass is 19.1. The number of nitrogens with zero attached hydrogens (tertiary/aromatic N) is 2. The Morgan fingerprint density at radius 3 is 2.87 bits per heavy atom. The SMILES string of the molecule is COc1ccc2c(c1)CCC(C(=O)NC(C)c1nc(-c3ccc(F)c(C)c3)no1)C2. The summed E-state index contributed by atoms with van der Waals surface area (Å²) < 4.78 is 24.1. The van der Waals surface area contributed by atoms with Gasteiger partial charge in [0.05, 0.1) is 7.11 Å². The van der Waals surface area contributed by atoms with Gasteiger partial charge in [0.1, 0.15) is 17.6 Å². The van der Waals surface area contributed by atoms with Crippen LogP contribution >= 0.6 is 0 Å². The normalized spacial score (nSPS) is 16.6. The van der Waals surface area contributed by atoms with E-state index in [2.05, 4.69) is 15.5 Å². The number of carbonyl (C=O) groups excluding carboxylic acids is 1. The van der Waals surface area contributed by atoms with Gasteiger partial charge in [-0.1, -0.05) is 11.2 Å². The first kappa shape index (κ1) is 20.1. The topological polar surface area (TPSA) is 77.2 Å². The lowest BCUT2D eigenvalue weighted by atomic mass is 9.83. The van der Waals surface area contributed by atoms with E-state index in [0.717, 1.165) is 18.6 Å². The smallest absolute Gasteiger partial charge is 0.249 e. The van der Waals surface area contributed by atoms with Gasteiger partial charge in [-0.05, 0) is 80.1 Å². The Morgan fingerprint density at radius 2 is 2.10 bits per heavy atom. The first-order valence-electron chi connectivity index (χ1n) is 10.0. The number of methoxy groups -OCH3 is 1. The van der Waals surface area contributed by atoms with E-state index in [9.17, 15) is 9.18 Å². The predicted octanol–water partition coefficient (Wildman–Crippen LogP) is 4.18. The quantitative estimate of drug-likeness (QED) is 0.684. The van der Waals surface area contributed by atoms with Crippen molar-refractivity contribution < 1.29 is 18.4 Å². The summed E-state index contributed by atoms with van der Waals surface area (Å²) in [4.78, 5) is 17.2. The van der Waals surface area contributed by atoms with Crippen molar-refractivity contribution in [2.45, 2.75) is 39.2 Å². The van der Waals surface area contributed by atoms with E-state index in [4.69, 9.17) is 9.26 Å². The van der Waals surface area contributed by atoms with Gasteiger partial charge in [-0.25, -0.2) is 4.39 Å². The monoisotopic (exact) mass is 409 g/mol. The third kappa shape index (κ3) is 4.06. The second kappa shape index (κ2) is 8.26. The van der Waals surface area contributed by atoms with E-state index in [1.165, 1.54) is 17.2 Å². The van der Waals surface area contributed by atoms with Crippen LogP contribution < -0.4 is 10.1 Å². The number of hydrogen-bond donors (Lipinski definition) is 1. The lowest BCUT2D eigenvalue weighted by Crippen LogP contribution is -2.35. The molecule has 2 atom stereocenters. The Hall–Kier alpha value is -3.22. The standard InChI is InChI=1S/C23H24FN3O3/c1-13-10-17(7-9-20(13)24)21-26-23(30-27-21)14(2)25-22(28)18-5-4-16-12-19(29-3)8-6-15(16)11-18/h6-10,12,14,18H,4-5,11H2,1-3H3,(H,25,28). The molecular formula is C23H24FN3O3. The predicted molar refractivity (Wildman–Crippen MR) is 109 cm³/mol. The van der Waals surface area contributed by atoms with E-state index >= 15 is 0 Å². The number of fused-ring (bicyclic) bond motifs is 1. The third-order valence-electron chi connectivity index (χ3n) is 5.60. The first-order valence-corrected chi connectivity index (χ1v) is 10.0. The van der Waals surface area contributed by atoms with Crippen molar-refractivity contribution in [2.75, 3.05) is 7.11 Å². The molecule has 2 unspecified atom stereocenters. The van der Waals surface area contributed by atoms with Gasteiger partial charge in [-0.3, -0.25) is 4.79 Å². The Morgan fingerprint density at radius 1 is 1.27 bits per heavy atom. The maximum absolute atomic E-state index is 13.5. The van der Waals surface area contributed by atoms with Crippen LogP contribution in [0.25, 0.3) is 11.4 Å². The molecule has 2 aromatic carbocycles. The minimum absolute atomic E-state index is 0.0265. The molecule has 30 heavy (non-hydrogen) atoms. The van der Waals surface area contributed by atoms with E-state index in [-0.39, 0.29) is 17.6 Å². The Kier molecular flexibility index (Phi) is 5.53. The number of benzene rings is 2. The molecule has 1 aromatic heterocycles. The fourth-order valence-corrected chi connectivity index (χ4v) is 3.79. The van der Waals surface area contributed by atoms with Crippen LogP contribution in [0, 0.1) is 18.7 Å². The third-order valence-corrected chi connectivity index (χ3v) is 5.60. The van der Waals surface area contributed by atoms with E-state index in [0.29, 0.717) is 29.3 Å². The van der Waals surface area contributed by atoms with Crippen molar-refractivity contribution in [3.05, 3.63) is 64.8 Å². The molecule has 0 spiro atoms. The molecule has 156 valence electrons. The van der Waals surface area contributed by atoms with Crippen LogP contribution in [0.2, 0.25) is 0 Å². The summed E-state index contributed by atoms with van der Waals surface area (Å²) in [5.74, 6) is 1.12. The Bertz CT molecular complexity index is 1080. The van der Waals surface area contributed by atoms with Gasteiger partial charge in [-0.2, -0.15) is 4.98 Å². The number of rotatable bonds is 5. The van der Waals surface area contributed by atoms with Crippen molar-refractivity contribution in [2.24, 2.45) is 5.92 Å². The Labute approximate surface area is 174 Å². The van der Waals surface area contributed by atoms with Gasteiger partial charge in [-0.15, -0.1) is 0 Å². The summed E-state index contributed by atoms with van der Waals surface area (Å²) in [5, 5.41) is 6.96. The fraction of sp³-hybridized carbons (Fsp3) is 0.348. The maximum Gasteiger partial charge on any atom is 0.249 e. The second-order valence-corrected chi connectivity index (χ2v) is 7.72. The number of ether oxygens (including phenoxy) is 1. The van der Waals surface area contributed by atoms with Crippen LogP contribution in [0.4, 0.5) is 4.39 Å². The van der Waals surface area contributed by atoms with Gasteiger partial charge in [0.2, 0.25) is 17.6 Å². The van der Waals surface area contributed by atoms with Crippen LogP contribution in [0.5, 0.6) is 5.75 Å². The zero-order valence-corrected chi connectivity index (χ0v) is 17.2. The summed E-state index contributed by atoms with van der Waals surface area (Å²) in [5.41, 5.74) is 3.60. The number of halogens is 1.